The monoisotopic (exact) mass is 396 g/mol. The fourth-order valence-electron chi connectivity index (χ4n) is 3.40. The first kappa shape index (κ1) is 20.9. The summed E-state index contributed by atoms with van der Waals surface area (Å²) in [6.07, 6.45) is 6.05. The zero-order valence-electron chi connectivity index (χ0n) is 16.7. The van der Waals surface area contributed by atoms with Crippen molar-refractivity contribution in [1.82, 2.24) is 0 Å². The molecule has 0 spiro atoms. The SMILES string of the molecule is O=C(CCC(=O)OCC1CCCCC1)OCc1cccc(Oc2ccccc2)c1. The quantitative estimate of drug-likeness (QED) is 0.529. The molecule has 0 saturated heterocycles. The van der Waals surface area contributed by atoms with Crippen LogP contribution in [0.3, 0.4) is 0 Å². The van der Waals surface area contributed by atoms with Gasteiger partial charge in [-0.25, -0.2) is 0 Å². The predicted molar refractivity (Wildman–Crippen MR) is 110 cm³/mol. The van der Waals surface area contributed by atoms with E-state index in [1.165, 1.54) is 19.3 Å². The van der Waals surface area contributed by atoms with Gasteiger partial charge in [-0.05, 0) is 48.6 Å². The van der Waals surface area contributed by atoms with Crippen molar-refractivity contribution in [3.8, 4) is 11.5 Å². The number of esters is 2. The molecule has 2 aromatic rings. The average Bonchev–Trinajstić information content (AvgIpc) is 2.76. The second-order valence-electron chi connectivity index (χ2n) is 7.41. The lowest BCUT2D eigenvalue weighted by Gasteiger charge is -2.20. The highest BCUT2D eigenvalue weighted by molar-refractivity contribution is 5.77. The second kappa shape index (κ2) is 11.2. The molecule has 1 fully saturated rings. The maximum absolute atomic E-state index is 11.9. The van der Waals surface area contributed by atoms with Crippen LogP contribution in [0.15, 0.2) is 54.6 Å². The van der Waals surface area contributed by atoms with Gasteiger partial charge in [-0.3, -0.25) is 9.59 Å². The molecule has 5 nitrogen and oxygen atoms in total. The molecule has 154 valence electrons. The first-order chi connectivity index (χ1) is 14.2. The molecule has 0 aliphatic heterocycles. The van der Waals surface area contributed by atoms with E-state index in [2.05, 4.69) is 0 Å². The number of hydrogen-bond donors (Lipinski definition) is 0. The molecule has 3 rings (SSSR count). The smallest absolute Gasteiger partial charge is 0.306 e. The third-order valence-electron chi connectivity index (χ3n) is 5.02. The van der Waals surface area contributed by atoms with Gasteiger partial charge in [0.2, 0.25) is 0 Å². The summed E-state index contributed by atoms with van der Waals surface area (Å²) in [6.45, 7) is 0.615. The highest BCUT2D eigenvalue weighted by atomic mass is 16.5. The van der Waals surface area contributed by atoms with Crippen LogP contribution in [0, 0.1) is 5.92 Å². The first-order valence-electron chi connectivity index (χ1n) is 10.3. The Bertz CT molecular complexity index is 781. The van der Waals surface area contributed by atoms with E-state index in [0.717, 1.165) is 24.2 Å². The van der Waals surface area contributed by atoms with Crippen LogP contribution in [0.5, 0.6) is 11.5 Å². The fraction of sp³-hybridized carbons (Fsp3) is 0.417. The highest BCUT2D eigenvalue weighted by Gasteiger charge is 2.16. The van der Waals surface area contributed by atoms with Crippen molar-refractivity contribution in [2.75, 3.05) is 6.61 Å². The lowest BCUT2D eigenvalue weighted by molar-refractivity contribution is -0.151. The van der Waals surface area contributed by atoms with Crippen molar-refractivity contribution in [1.29, 1.82) is 0 Å². The Labute approximate surface area is 172 Å². The maximum atomic E-state index is 11.9. The van der Waals surface area contributed by atoms with Crippen molar-refractivity contribution < 1.29 is 23.8 Å². The van der Waals surface area contributed by atoms with E-state index in [-0.39, 0.29) is 25.4 Å². The van der Waals surface area contributed by atoms with E-state index in [4.69, 9.17) is 14.2 Å². The summed E-state index contributed by atoms with van der Waals surface area (Å²) >= 11 is 0. The maximum Gasteiger partial charge on any atom is 0.306 e. The van der Waals surface area contributed by atoms with Crippen LogP contribution in [0.1, 0.15) is 50.5 Å². The molecule has 0 heterocycles. The molecule has 5 heteroatoms. The van der Waals surface area contributed by atoms with Gasteiger partial charge >= 0.3 is 11.9 Å². The number of carbonyl (C=O) groups is 2. The van der Waals surface area contributed by atoms with Crippen LogP contribution in [-0.2, 0) is 25.7 Å². The Kier molecular flexibility index (Phi) is 8.11. The summed E-state index contributed by atoms with van der Waals surface area (Å²) in [7, 11) is 0. The molecule has 2 aromatic carbocycles. The minimum atomic E-state index is -0.408. The second-order valence-corrected chi connectivity index (χ2v) is 7.41. The minimum absolute atomic E-state index is 0.0315. The molecule has 29 heavy (non-hydrogen) atoms. The predicted octanol–water partition coefficient (Wildman–Crippen LogP) is 5.43. The molecule has 1 aliphatic rings. The first-order valence-corrected chi connectivity index (χ1v) is 10.3. The van der Waals surface area contributed by atoms with Crippen LogP contribution >= 0.6 is 0 Å². The average molecular weight is 396 g/mol. The van der Waals surface area contributed by atoms with Gasteiger partial charge in [-0.15, -0.1) is 0 Å². The van der Waals surface area contributed by atoms with Crippen LogP contribution in [0.2, 0.25) is 0 Å². The zero-order valence-corrected chi connectivity index (χ0v) is 16.7. The molecule has 0 radical (unpaired) electrons. The van der Waals surface area contributed by atoms with E-state index in [9.17, 15) is 9.59 Å². The Morgan fingerprint density at radius 3 is 2.24 bits per heavy atom. The standard InChI is InChI=1S/C24H28O5/c25-23(27-17-19-8-3-1-4-9-19)14-15-24(26)28-18-20-10-7-13-22(16-20)29-21-11-5-2-6-12-21/h2,5-7,10-13,16,19H,1,3-4,8-9,14-15,17-18H2. The van der Waals surface area contributed by atoms with Gasteiger partial charge in [-0.1, -0.05) is 49.6 Å². The summed E-state index contributed by atoms with van der Waals surface area (Å²) in [6, 6.07) is 16.9. The van der Waals surface area contributed by atoms with Crippen LogP contribution in [0.25, 0.3) is 0 Å². The van der Waals surface area contributed by atoms with Gasteiger partial charge in [0.1, 0.15) is 18.1 Å². The van der Waals surface area contributed by atoms with Crippen molar-refractivity contribution in [3.63, 3.8) is 0 Å². The van der Waals surface area contributed by atoms with Gasteiger partial charge in [0.15, 0.2) is 0 Å². The summed E-state index contributed by atoms with van der Waals surface area (Å²) in [5.74, 6) is 1.16. The largest absolute Gasteiger partial charge is 0.465 e. The molecular weight excluding hydrogens is 368 g/mol. The summed E-state index contributed by atoms with van der Waals surface area (Å²) in [5.41, 5.74) is 0.826. The highest BCUT2D eigenvalue weighted by Crippen LogP contribution is 2.24. The van der Waals surface area contributed by atoms with Gasteiger partial charge in [0.25, 0.3) is 0 Å². The number of carbonyl (C=O) groups excluding carboxylic acids is 2. The van der Waals surface area contributed by atoms with Crippen molar-refractivity contribution in [2.24, 2.45) is 5.92 Å². The molecule has 0 N–H and O–H groups in total. The zero-order chi connectivity index (χ0) is 20.3. The molecule has 1 aliphatic carbocycles. The number of benzene rings is 2. The van der Waals surface area contributed by atoms with Gasteiger partial charge in [-0.2, -0.15) is 0 Å². The lowest BCUT2D eigenvalue weighted by atomic mass is 9.90. The molecule has 0 amide bonds. The summed E-state index contributed by atoms with van der Waals surface area (Å²) in [5, 5.41) is 0. The van der Waals surface area contributed by atoms with Crippen molar-refractivity contribution >= 4 is 11.9 Å². The normalized spacial score (nSPS) is 14.2. The van der Waals surface area contributed by atoms with Crippen molar-refractivity contribution in [2.45, 2.75) is 51.6 Å². The van der Waals surface area contributed by atoms with Gasteiger partial charge in [0, 0.05) is 0 Å². The summed E-state index contributed by atoms with van der Waals surface area (Å²) < 4.78 is 16.4. The van der Waals surface area contributed by atoms with Gasteiger partial charge in [0.05, 0.1) is 19.4 Å². The lowest BCUT2D eigenvalue weighted by Crippen LogP contribution is -2.17. The Balaban J connectivity index is 1.35. The topological polar surface area (TPSA) is 61.8 Å². The van der Waals surface area contributed by atoms with E-state index < -0.39 is 5.97 Å². The molecule has 1 saturated carbocycles. The molecule has 0 atom stereocenters. The fourth-order valence-corrected chi connectivity index (χ4v) is 3.40. The molecule has 0 unspecified atom stereocenters. The van der Waals surface area contributed by atoms with E-state index in [1.54, 1.807) is 0 Å². The number of rotatable bonds is 9. The Morgan fingerprint density at radius 2 is 1.48 bits per heavy atom. The van der Waals surface area contributed by atoms with Crippen molar-refractivity contribution in [3.05, 3.63) is 60.2 Å². The van der Waals surface area contributed by atoms with E-state index in [0.29, 0.717) is 18.3 Å². The van der Waals surface area contributed by atoms with E-state index >= 15 is 0 Å². The van der Waals surface area contributed by atoms with Crippen LogP contribution < -0.4 is 4.74 Å². The minimum Gasteiger partial charge on any atom is -0.465 e. The van der Waals surface area contributed by atoms with Crippen LogP contribution in [-0.4, -0.2) is 18.5 Å². The van der Waals surface area contributed by atoms with E-state index in [1.807, 2.05) is 54.6 Å². The molecule has 0 aromatic heterocycles. The Hall–Kier alpha value is -2.82. The number of para-hydroxylation sites is 1. The summed E-state index contributed by atoms with van der Waals surface area (Å²) in [4.78, 5) is 23.8. The molecule has 0 bridgehead atoms. The number of hydrogen-bond acceptors (Lipinski definition) is 5. The Morgan fingerprint density at radius 1 is 0.793 bits per heavy atom. The third-order valence-corrected chi connectivity index (χ3v) is 5.02. The molecular formula is C24H28O5. The van der Waals surface area contributed by atoms with Crippen LogP contribution in [0.4, 0.5) is 0 Å². The number of ether oxygens (including phenoxy) is 3. The third kappa shape index (κ3) is 7.60. The van der Waals surface area contributed by atoms with Gasteiger partial charge < -0.3 is 14.2 Å².